The maximum Gasteiger partial charge on any atom is 0.337 e. The molecule has 1 amide bonds. The minimum Gasteiger partial charge on any atom is -0.484 e. The molecule has 2 aromatic carbocycles. The molecule has 2 aromatic rings. The summed E-state index contributed by atoms with van der Waals surface area (Å²) < 4.78 is 5.29. The largest absolute Gasteiger partial charge is 0.484 e. The molecule has 0 fully saturated rings. The van der Waals surface area contributed by atoms with Gasteiger partial charge in [-0.3, -0.25) is 4.79 Å². The lowest BCUT2D eigenvalue weighted by molar-refractivity contribution is -0.118. The quantitative estimate of drug-likeness (QED) is 0.890. The average molecular weight is 306 g/mol. The second-order valence-corrected chi connectivity index (χ2v) is 4.56. The van der Waals surface area contributed by atoms with Crippen LogP contribution in [0.2, 0.25) is 5.02 Å². The highest BCUT2D eigenvalue weighted by Crippen LogP contribution is 2.20. The molecular formula is C15H12ClNO4. The van der Waals surface area contributed by atoms with Gasteiger partial charge < -0.3 is 15.2 Å². The third-order valence-electron chi connectivity index (χ3n) is 2.59. The van der Waals surface area contributed by atoms with Gasteiger partial charge in [-0.25, -0.2) is 4.79 Å². The number of aromatic carboxylic acids is 1. The Balaban J connectivity index is 1.97. The standard InChI is InChI=1S/C15H12ClNO4/c16-13-7-6-10(8-12(13)15(19)20)17-14(18)9-21-11-4-2-1-3-5-11/h1-8H,9H2,(H,17,18)(H,19,20). The first-order chi connectivity index (χ1) is 10.1. The molecule has 0 radical (unpaired) electrons. The molecule has 5 nitrogen and oxygen atoms in total. The van der Waals surface area contributed by atoms with Gasteiger partial charge in [-0.05, 0) is 30.3 Å². The Morgan fingerprint density at radius 2 is 1.86 bits per heavy atom. The van der Waals surface area contributed by atoms with Crippen LogP contribution in [0.5, 0.6) is 5.75 Å². The van der Waals surface area contributed by atoms with Crippen LogP contribution in [0.25, 0.3) is 0 Å². The van der Waals surface area contributed by atoms with E-state index >= 15 is 0 Å². The monoisotopic (exact) mass is 305 g/mol. The van der Waals surface area contributed by atoms with E-state index < -0.39 is 11.9 Å². The summed E-state index contributed by atoms with van der Waals surface area (Å²) in [5, 5.41) is 11.6. The number of halogens is 1. The number of anilines is 1. The van der Waals surface area contributed by atoms with Gasteiger partial charge in [0.1, 0.15) is 5.75 Å². The van der Waals surface area contributed by atoms with E-state index in [-0.39, 0.29) is 17.2 Å². The Morgan fingerprint density at radius 1 is 1.14 bits per heavy atom. The molecule has 0 unspecified atom stereocenters. The molecular weight excluding hydrogens is 294 g/mol. The van der Waals surface area contributed by atoms with E-state index in [0.717, 1.165) is 0 Å². The lowest BCUT2D eigenvalue weighted by Gasteiger charge is -2.08. The zero-order valence-electron chi connectivity index (χ0n) is 10.9. The molecule has 0 aliphatic carbocycles. The number of hydrogen-bond donors (Lipinski definition) is 2. The van der Waals surface area contributed by atoms with Gasteiger partial charge in [-0.1, -0.05) is 29.8 Å². The van der Waals surface area contributed by atoms with Crippen molar-refractivity contribution in [2.24, 2.45) is 0 Å². The minimum atomic E-state index is -1.16. The van der Waals surface area contributed by atoms with Gasteiger partial charge in [0.2, 0.25) is 0 Å². The SMILES string of the molecule is O=C(COc1ccccc1)Nc1ccc(Cl)c(C(=O)O)c1. The molecule has 6 heteroatoms. The Morgan fingerprint density at radius 3 is 2.52 bits per heavy atom. The van der Waals surface area contributed by atoms with E-state index in [0.29, 0.717) is 11.4 Å². The Bertz CT molecular complexity index is 658. The van der Waals surface area contributed by atoms with Crippen LogP contribution in [0.3, 0.4) is 0 Å². The van der Waals surface area contributed by atoms with Crippen molar-refractivity contribution in [2.45, 2.75) is 0 Å². The van der Waals surface area contributed by atoms with E-state index in [9.17, 15) is 9.59 Å². The highest BCUT2D eigenvalue weighted by Gasteiger charge is 2.11. The van der Waals surface area contributed by atoms with Gasteiger partial charge in [0.15, 0.2) is 6.61 Å². The first-order valence-electron chi connectivity index (χ1n) is 6.07. The Labute approximate surface area is 126 Å². The van der Waals surface area contributed by atoms with Crippen LogP contribution >= 0.6 is 11.6 Å². The summed E-state index contributed by atoms with van der Waals surface area (Å²) in [6.07, 6.45) is 0. The fourth-order valence-corrected chi connectivity index (χ4v) is 1.83. The Hall–Kier alpha value is -2.53. The molecule has 0 spiro atoms. The average Bonchev–Trinajstić information content (AvgIpc) is 2.48. The van der Waals surface area contributed by atoms with Crippen molar-refractivity contribution in [3.8, 4) is 5.75 Å². The smallest absolute Gasteiger partial charge is 0.337 e. The number of carboxylic acid groups (broad SMARTS) is 1. The third kappa shape index (κ3) is 4.22. The normalized spacial score (nSPS) is 9.95. The molecule has 0 heterocycles. The van der Waals surface area contributed by atoms with E-state index in [2.05, 4.69) is 5.32 Å². The number of ether oxygens (including phenoxy) is 1. The fraction of sp³-hybridized carbons (Fsp3) is 0.0667. The van der Waals surface area contributed by atoms with Crippen molar-refractivity contribution in [3.05, 3.63) is 59.1 Å². The molecule has 0 bridgehead atoms. The van der Waals surface area contributed by atoms with Gasteiger partial charge in [0.05, 0.1) is 10.6 Å². The van der Waals surface area contributed by atoms with Crippen LogP contribution in [0, 0.1) is 0 Å². The maximum absolute atomic E-state index is 11.7. The second kappa shape index (κ2) is 6.76. The number of para-hydroxylation sites is 1. The van der Waals surface area contributed by atoms with Crippen LogP contribution in [0.15, 0.2) is 48.5 Å². The highest BCUT2D eigenvalue weighted by molar-refractivity contribution is 6.33. The Kier molecular flexibility index (Phi) is 4.79. The lowest BCUT2D eigenvalue weighted by Crippen LogP contribution is -2.20. The first kappa shape index (κ1) is 14.9. The summed E-state index contributed by atoms with van der Waals surface area (Å²) in [6, 6.07) is 13.1. The van der Waals surface area contributed by atoms with Crippen molar-refractivity contribution < 1.29 is 19.4 Å². The van der Waals surface area contributed by atoms with Gasteiger partial charge in [0, 0.05) is 5.69 Å². The summed E-state index contributed by atoms with van der Waals surface area (Å²) in [5.41, 5.74) is 0.275. The predicted molar refractivity (Wildman–Crippen MR) is 79.0 cm³/mol. The first-order valence-corrected chi connectivity index (χ1v) is 6.44. The number of carbonyl (C=O) groups excluding carboxylic acids is 1. The summed E-state index contributed by atoms with van der Waals surface area (Å²) in [5.74, 6) is -0.968. The number of carbonyl (C=O) groups is 2. The number of carboxylic acids is 1. The predicted octanol–water partition coefficient (Wildman–Crippen LogP) is 3.06. The van der Waals surface area contributed by atoms with Gasteiger partial charge >= 0.3 is 5.97 Å². The van der Waals surface area contributed by atoms with Gasteiger partial charge in [-0.15, -0.1) is 0 Å². The van der Waals surface area contributed by atoms with Crippen molar-refractivity contribution in [1.29, 1.82) is 0 Å². The van der Waals surface area contributed by atoms with Gasteiger partial charge in [-0.2, -0.15) is 0 Å². The van der Waals surface area contributed by atoms with Crippen LogP contribution in [-0.4, -0.2) is 23.6 Å². The molecule has 108 valence electrons. The molecule has 2 N–H and O–H groups in total. The lowest BCUT2D eigenvalue weighted by atomic mass is 10.2. The molecule has 2 rings (SSSR count). The molecule has 0 saturated carbocycles. The number of hydrogen-bond acceptors (Lipinski definition) is 3. The van der Waals surface area contributed by atoms with Crippen LogP contribution in [0.4, 0.5) is 5.69 Å². The summed E-state index contributed by atoms with van der Waals surface area (Å²) in [4.78, 5) is 22.7. The van der Waals surface area contributed by atoms with E-state index in [1.54, 1.807) is 24.3 Å². The molecule has 21 heavy (non-hydrogen) atoms. The molecule has 0 atom stereocenters. The van der Waals surface area contributed by atoms with Crippen molar-refractivity contribution >= 4 is 29.2 Å². The maximum atomic E-state index is 11.7. The number of amides is 1. The fourth-order valence-electron chi connectivity index (χ4n) is 1.63. The minimum absolute atomic E-state index is 0.0709. The molecule has 0 aliphatic heterocycles. The van der Waals surface area contributed by atoms with E-state index in [1.165, 1.54) is 18.2 Å². The molecule has 0 saturated heterocycles. The topological polar surface area (TPSA) is 75.6 Å². The third-order valence-corrected chi connectivity index (χ3v) is 2.92. The summed E-state index contributed by atoms with van der Waals surface area (Å²) >= 11 is 5.75. The van der Waals surface area contributed by atoms with E-state index in [4.69, 9.17) is 21.4 Å². The zero-order chi connectivity index (χ0) is 15.2. The van der Waals surface area contributed by atoms with Crippen molar-refractivity contribution in [2.75, 3.05) is 11.9 Å². The van der Waals surface area contributed by atoms with Crippen LogP contribution in [-0.2, 0) is 4.79 Å². The number of nitrogens with one attached hydrogen (secondary N) is 1. The summed E-state index contributed by atoms with van der Waals surface area (Å²) in [7, 11) is 0. The zero-order valence-corrected chi connectivity index (χ0v) is 11.6. The van der Waals surface area contributed by atoms with E-state index in [1.807, 2.05) is 6.07 Å². The van der Waals surface area contributed by atoms with Gasteiger partial charge in [0.25, 0.3) is 5.91 Å². The summed E-state index contributed by atoms with van der Waals surface area (Å²) in [6.45, 7) is -0.172. The highest BCUT2D eigenvalue weighted by atomic mass is 35.5. The molecule has 0 aromatic heterocycles. The van der Waals surface area contributed by atoms with Crippen LogP contribution in [0.1, 0.15) is 10.4 Å². The number of rotatable bonds is 5. The van der Waals surface area contributed by atoms with Crippen molar-refractivity contribution in [3.63, 3.8) is 0 Å². The molecule has 0 aliphatic rings. The van der Waals surface area contributed by atoms with Crippen LogP contribution < -0.4 is 10.1 Å². The van der Waals surface area contributed by atoms with Crippen molar-refractivity contribution in [1.82, 2.24) is 0 Å². The number of benzene rings is 2. The second-order valence-electron chi connectivity index (χ2n) is 4.15.